The standard InChI is InChI=1S/C32H40N2O5/c1-19(2)16-34(28(36)9-6-21-10-13-38-18-21)24-8-7-23-25-14-22-26(35)15-27(37-3)30-29(22)32(23,31(24)39-30)11-12-33(25)17-20-4-5-20/h6,9-10,13,15,18-20,23-25,31,35H,4-5,7-8,11-12,14,16-17H2,1-3H3/b9-6+/t23-,24-,25+,31-,32-/m0/s1. The van der Waals surface area contributed by atoms with E-state index >= 15 is 0 Å². The van der Waals surface area contributed by atoms with Crippen LogP contribution in [0.2, 0.25) is 0 Å². The molecule has 3 fully saturated rings. The first-order valence-corrected chi connectivity index (χ1v) is 14.8. The molecule has 2 aromatic rings. The summed E-state index contributed by atoms with van der Waals surface area (Å²) in [7, 11) is 1.65. The number of piperidine rings is 1. The summed E-state index contributed by atoms with van der Waals surface area (Å²) in [5.41, 5.74) is 2.87. The molecule has 1 amide bonds. The zero-order valence-electron chi connectivity index (χ0n) is 23.3. The van der Waals surface area contributed by atoms with E-state index in [9.17, 15) is 9.90 Å². The van der Waals surface area contributed by atoms with Crippen LogP contribution in [0.15, 0.2) is 35.2 Å². The second-order valence-electron chi connectivity index (χ2n) is 12.8. The Morgan fingerprint density at radius 2 is 2.15 bits per heavy atom. The number of hydrogen-bond donors (Lipinski definition) is 1. The molecule has 1 aromatic carbocycles. The van der Waals surface area contributed by atoms with Crippen LogP contribution in [-0.4, -0.2) is 65.7 Å². The molecule has 2 bridgehead atoms. The molecular weight excluding hydrogens is 492 g/mol. The van der Waals surface area contributed by atoms with E-state index in [4.69, 9.17) is 13.9 Å². The Kier molecular flexibility index (Phi) is 5.99. The van der Waals surface area contributed by atoms with E-state index in [1.807, 2.05) is 12.1 Å². The van der Waals surface area contributed by atoms with Crippen LogP contribution in [0.1, 0.15) is 62.6 Å². The van der Waals surface area contributed by atoms with E-state index in [0.29, 0.717) is 35.9 Å². The van der Waals surface area contributed by atoms with Crippen molar-refractivity contribution in [2.24, 2.45) is 17.8 Å². The monoisotopic (exact) mass is 532 g/mol. The molecule has 208 valence electrons. The third-order valence-electron chi connectivity index (χ3n) is 10.1. The van der Waals surface area contributed by atoms with Crippen molar-refractivity contribution in [1.29, 1.82) is 0 Å². The van der Waals surface area contributed by atoms with Gasteiger partial charge in [0.25, 0.3) is 0 Å². The lowest BCUT2D eigenvalue weighted by atomic mass is 9.50. The Morgan fingerprint density at radius 3 is 2.87 bits per heavy atom. The maximum Gasteiger partial charge on any atom is 0.246 e. The Labute approximate surface area is 230 Å². The first-order chi connectivity index (χ1) is 18.9. The van der Waals surface area contributed by atoms with Crippen LogP contribution < -0.4 is 9.47 Å². The molecule has 3 heterocycles. The fourth-order valence-corrected chi connectivity index (χ4v) is 8.40. The largest absolute Gasteiger partial charge is 0.508 e. The minimum absolute atomic E-state index is 0.0119. The van der Waals surface area contributed by atoms with Crippen LogP contribution >= 0.6 is 0 Å². The van der Waals surface area contributed by atoms with Crippen molar-refractivity contribution in [2.75, 3.05) is 26.7 Å². The fourth-order valence-electron chi connectivity index (χ4n) is 8.40. The van der Waals surface area contributed by atoms with Crippen molar-refractivity contribution in [3.05, 3.63) is 47.4 Å². The smallest absolute Gasteiger partial charge is 0.246 e. The second kappa shape index (κ2) is 9.33. The van der Waals surface area contributed by atoms with Crippen LogP contribution in [0.4, 0.5) is 0 Å². The molecule has 0 unspecified atom stereocenters. The number of aromatic hydroxyl groups is 1. The summed E-state index contributed by atoms with van der Waals surface area (Å²) in [6, 6.07) is 3.95. The van der Waals surface area contributed by atoms with Crippen molar-refractivity contribution < 1.29 is 23.8 Å². The summed E-state index contributed by atoms with van der Waals surface area (Å²) in [4.78, 5) is 18.6. The molecule has 3 aliphatic carbocycles. The molecule has 7 rings (SSSR count). The van der Waals surface area contributed by atoms with E-state index in [0.717, 1.165) is 55.0 Å². The molecule has 5 aliphatic rings. The van der Waals surface area contributed by atoms with Gasteiger partial charge in [-0.1, -0.05) is 13.8 Å². The highest BCUT2D eigenvalue weighted by Gasteiger charge is 2.67. The molecule has 7 nitrogen and oxygen atoms in total. The van der Waals surface area contributed by atoms with Gasteiger partial charge in [0, 0.05) is 53.4 Å². The van der Waals surface area contributed by atoms with Crippen molar-refractivity contribution in [3.63, 3.8) is 0 Å². The summed E-state index contributed by atoms with van der Waals surface area (Å²) >= 11 is 0. The zero-order chi connectivity index (χ0) is 26.9. The summed E-state index contributed by atoms with van der Waals surface area (Å²) < 4.78 is 17.9. The number of nitrogens with zero attached hydrogens (tertiary/aromatic N) is 2. The molecule has 1 saturated heterocycles. The highest BCUT2D eigenvalue weighted by molar-refractivity contribution is 5.92. The Balaban J connectivity index is 1.30. The van der Waals surface area contributed by atoms with Gasteiger partial charge in [0.1, 0.15) is 11.9 Å². The number of carbonyl (C=O) groups excluding carboxylic acids is 1. The molecular formula is C32H40N2O5. The third kappa shape index (κ3) is 3.91. The maximum absolute atomic E-state index is 13.8. The van der Waals surface area contributed by atoms with E-state index in [2.05, 4.69) is 23.6 Å². The Bertz CT molecular complexity index is 1280. The molecule has 0 radical (unpaired) electrons. The van der Waals surface area contributed by atoms with Crippen LogP contribution in [0.25, 0.3) is 6.08 Å². The van der Waals surface area contributed by atoms with Crippen molar-refractivity contribution >= 4 is 12.0 Å². The molecule has 5 atom stereocenters. The number of benzene rings is 1. The predicted molar refractivity (Wildman–Crippen MR) is 148 cm³/mol. The number of phenolic OH excluding ortho intramolecular Hbond substituents is 1. The Morgan fingerprint density at radius 1 is 1.31 bits per heavy atom. The molecule has 1 N–H and O–H groups in total. The second-order valence-corrected chi connectivity index (χ2v) is 12.8. The number of carbonyl (C=O) groups is 1. The van der Waals surface area contributed by atoms with Gasteiger partial charge in [0.05, 0.1) is 25.7 Å². The van der Waals surface area contributed by atoms with Crippen molar-refractivity contribution in [2.45, 2.75) is 76.0 Å². The van der Waals surface area contributed by atoms with Crippen molar-refractivity contribution in [3.8, 4) is 17.2 Å². The third-order valence-corrected chi connectivity index (χ3v) is 10.1. The SMILES string of the molecule is COc1cc(O)c2c3c1O[C@H]1[C@@H](N(CC(C)C)C(=O)/C=C/c4ccoc4)CC[C@H]4[C@@H](C2)N(CC2CC2)CC[C@@]341. The van der Waals surface area contributed by atoms with Crippen LogP contribution in [0.5, 0.6) is 17.2 Å². The van der Waals surface area contributed by atoms with Crippen molar-refractivity contribution in [1.82, 2.24) is 9.80 Å². The molecule has 2 aliphatic heterocycles. The van der Waals surface area contributed by atoms with Gasteiger partial charge in [0.15, 0.2) is 11.5 Å². The van der Waals surface area contributed by atoms with E-state index < -0.39 is 0 Å². The lowest BCUT2D eigenvalue weighted by Gasteiger charge is -2.60. The number of furan rings is 1. The normalized spacial score (nSPS) is 30.9. The van der Waals surface area contributed by atoms with Gasteiger partial charge < -0.3 is 23.9 Å². The lowest BCUT2D eigenvalue weighted by molar-refractivity contribution is -0.138. The van der Waals surface area contributed by atoms with Gasteiger partial charge in [-0.2, -0.15) is 0 Å². The maximum atomic E-state index is 13.8. The molecule has 7 heteroatoms. The van der Waals surface area contributed by atoms with Gasteiger partial charge in [-0.15, -0.1) is 0 Å². The van der Waals surface area contributed by atoms with Gasteiger partial charge >= 0.3 is 0 Å². The number of rotatable bonds is 8. The number of hydrogen-bond acceptors (Lipinski definition) is 6. The Hall–Kier alpha value is -2.93. The average molecular weight is 533 g/mol. The topological polar surface area (TPSA) is 75.4 Å². The van der Waals surface area contributed by atoms with Crippen LogP contribution in [0.3, 0.4) is 0 Å². The minimum Gasteiger partial charge on any atom is -0.508 e. The summed E-state index contributed by atoms with van der Waals surface area (Å²) in [5, 5.41) is 11.2. The highest BCUT2D eigenvalue weighted by atomic mass is 16.5. The quantitative estimate of drug-likeness (QED) is 0.482. The predicted octanol–water partition coefficient (Wildman–Crippen LogP) is 5.01. The summed E-state index contributed by atoms with van der Waals surface area (Å²) in [6.07, 6.45) is 13.1. The fraction of sp³-hybridized carbons (Fsp3) is 0.594. The highest BCUT2D eigenvalue weighted by Crippen LogP contribution is 2.65. The number of likely N-dealkylation sites (tertiary alicyclic amines) is 1. The molecule has 1 aromatic heterocycles. The van der Waals surface area contributed by atoms with E-state index in [1.54, 1.807) is 31.8 Å². The average Bonchev–Trinajstić information content (AvgIpc) is 3.45. The molecule has 2 saturated carbocycles. The molecule has 1 spiro atoms. The number of amides is 1. The first-order valence-electron chi connectivity index (χ1n) is 14.8. The van der Waals surface area contributed by atoms with E-state index in [-0.39, 0.29) is 23.5 Å². The van der Waals surface area contributed by atoms with Crippen LogP contribution in [0, 0.1) is 17.8 Å². The molecule has 39 heavy (non-hydrogen) atoms. The first kappa shape index (κ1) is 25.1. The minimum atomic E-state index is -0.216. The number of phenols is 1. The van der Waals surface area contributed by atoms with Gasteiger partial charge in [0.2, 0.25) is 5.91 Å². The van der Waals surface area contributed by atoms with Crippen LogP contribution in [-0.2, 0) is 16.6 Å². The summed E-state index contributed by atoms with van der Waals surface area (Å²) in [6.45, 7) is 7.21. The van der Waals surface area contributed by atoms with Gasteiger partial charge in [-0.3, -0.25) is 9.69 Å². The number of methoxy groups -OCH3 is 1. The van der Waals surface area contributed by atoms with Gasteiger partial charge in [-0.05, 0) is 75.0 Å². The number of ether oxygens (including phenoxy) is 2. The lowest BCUT2D eigenvalue weighted by Crippen LogP contribution is -2.69. The van der Waals surface area contributed by atoms with E-state index in [1.165, 1.54) is 24.9 Å². The summed E-state index contributed by atoms with van der Waals surface area (Å²) in [5.74, 6) is 3.34. The zero-order valence-corrected chi connectivity index (χ0v) is 23.3. The van der Waals surface area contributed by atoms with Gasteiger partial charge in [-0.25, -0.2) is 0 Å².